The maximum atomic E-state index is 12.0. The van der Waals surface area contributed by atoms with Gasteiger partial charge in [0.25, 0.3) is 0 Å². The Balaban J connectivity index is 1.45. The summed E-state index contributed by atoms with van der Waals surface area (Å²) in [7, 11) is 0. The molecule has 1 saturated heterocycles. The minimum absolute atomic E-state index is 0.303. The zero-order valence-corrected chi connectivity index (χ0v) is 14.6. The Hall–Kier alpha value is -1.55. The van der Waals surface area contributed by atoms with E-state index in [-0.39, 0.29) is 6.09 Å². The minimum atomic E-state index is -0.423. The van der Waals surface area contributed by atoms with Crippen molar-refractivity contribution in [2.45, 2.75) is 51.0 Å². The highest BCUT2D eigenvalue weighted by molar-refractivity contribution is 5.88. The number of carbonyl (C=O) groups is 1. The highest BCUT2D eigenvalue weighted by Crippen LogP contribution is 2.43. The van der Waals surface area contributed by atoms with Crippen molar-refractivity contribution in [3.8, 4) is 0 Å². The number of amides is 1. The van der Waals surface area contributed by atoms with E-state index in [4.69, 9.17) is 4.74 Å². The van der Waals surface area contributed by atoms with Gasteiger partial charge in [0.2, 0.25) is 0 Å². The molecule has 1 aromatic rings. The van der Waals surface area contributed by atoms with Crippen LogP contribution in [0.25, 0.3) is 0 Å². The molecule has 4 heteroatoms. The molecular formula is C20H28N2O2. The molecule has 1 spiro atoms. The molecule has 2 atom stereocenters. The van der Waals surface area contributed by atoms with E-state index < -0.39 is 5.60 Å². The van der Waals surface area contributed by atoms with E-state index in [0.29, 0.717) is 0 Å². The molecule has 1 N–H and O–H groups in total. The molecule has 2 unspecified atom stereocenters. The summed E-state index contributed by atoms with van der Waals surface area (Å²) in [6.45, 7) is 5.67. The average Bonchev–Trinajstić information content (AvgIpc) is 2.59. The van der Waals surface area contributed by atoms with Crippen molar-refractivity contribution in [3.05, 3.63) is 29.8 Å². The number of para-hydroxylation sites is 1. The van der Waals surface area contributed by atoms with Crippen LogP contribution in [0.5, 0.6) is 0 Å². The molecule has 2 fully saturated rings. The van der Waals surface area contributed by atoms with Gasteiger partial charge < -0.3 is 9.64 Å². The maximum Gasteiger partial charge on any atom is 0.412 e. The number of rotatable bonds is 2. The van der Waals surface area contributed by atoms with Gasteiger partial charge in [0, 0.05) is 38.0 Å². The largest absolute Gasteiger partial charge is 0.438 e. The molecule has 3 aliphatic rings. The Bertz CT molecular complexity index is 607. The molecule has 4 rings (SSSR count). The first-order valence-electron chi connectivity index (χ1n) is 9.48. The number of piperidine rings is 1. The van der Waals surface area contributed by atoms with Crippen LogP contribution < -0.4 is 5.32 Å². The molecule has 1 aliphatic carbocycles. The molecule has 1 saturated carbocycles. The molecule has 2 aliphatic heterocycles. The fraction of sp³-hybridized carbons (Fsp3) is 0.650. The Morgan fingerprint density at radius 1 is 1.21 bits per heavy atom. The van der Waals surface area contributed by atoms with Crippen molar-refractivity contribution in [2.75, 3.05) is 25.0 Å². The third-order valence-corrected chi connectivity index (χ3v) is 6.39. The highest BCUT2D eigenvalue weighted by Gasteiger charge is 2.44. The lowest BCUT2D eigenvalue weighted by atomic mass is 9.78. The zero-order chi connectivity index (χ0) is 16.6. The lowest BCUT2D eigenvalue weighted by Crippen LogP contribution is -2.49. The van der Waals surface area contributed by atoms with Crippen molar-refractivity contribution in [2.24, 2.45) is 11.8 Å². The number of nitrogens with zero attached hydrogens (tertiary/aromatic N) is 1. The smallest absolute Gasteiger partial charge is 0.412 e. The fourth-order valence-electron chi connectivity index (χ4n) is 4.82. The van der Waals surface area contributed by atoms with E-state index in [1.54, 1.807) is 0 Å². The quantitative estimate of drug-likeness (QED) is 0.876. The summed E-state index contributed by atoms with van der Waals surface area (Å²) in [5.74, 6) is 1.70. The zero-order valence-electron chi connectivity index (χ0n) is 14.6. The molecule has 4 nitrogen and oxygen atoms in total. The van der Waals surface area contributed by atoms with Gasteiger partial charge in [0.15, 0.2) is 0 Å². The van der Waals surface area contributed by atoms with Crippen molar-refractivity contribution < 1.29 is 9.53 Å². The van der Waals surface area contributed by atoms with Crippen LogP contribution in [0.4, 0.5) is 10.5 Å². The van der Waals surface area contributed by atoms with Gasteiger partial charge in [-0.2, -0.15) is 0 Å². The molecule has 0 aromatic heterocycles. The summed E-state index contributed by atoms with van der Waals surface area (Å²) in [4.78, 5) is 14.6. The molecule has 2 heterocycles. The maximum absolute atomic E-state index is 12.0. The first-order valence-corrected chi connectivity index (χ1v) is 9.48. The molecule has 1 amide bonds. The van der Waals surface area contributed by atoms with Crippen LogP contribution in [0, 0.1) is 11.8 Å². The second kappa shape index (κ2) is 6.40. The molecule has 0 radical (unpaired) electrons. The van der Waals surface area contributed by atoms with Crippen molar-refractivity contribution in [1.82, 2.24) is 4.90 Å². The standard InChI is InChI=1S/C20H28N2O2/c1-15-6-2-3-7-16(15)14-22-12-10-20(11-13-22)17-8-4-5-9-18(17)21-19(23)24-20/h4-5,8-9,15-16H,2-3,6-7,10-14H2,1H3,(H,21,23). The number of hydrogen-bond acceptors (Lipinski definition) is 3. The highest BCUT2D eigenvalue weighted by atomic mass is 16.6. The summed E-state index contributed by atoms with van der Waals surface area (Å²) in [5, 5.41) is 2.84. The van der Waals surface area contributed by atoms with Gasteiger partial charge in [-0.15, -0.1) is 0 Å². The minimum Gasteiger partial charge on any atom is -0.438 e. The summed E-state index contributed by atoms with van der Waals surface area (Å²) < 4.78 is 5.82. The predicted octanol–water partition coefficient (Wildman–Crippen LogP) is 4.37. The second-order valence-corrected chi connectivity index (χ2v) is 7.88. The summed E-state index contributed by atoms with van der Waals surface area (Å²) in [5.41, 5.74) is 1.64. The van der Waals surface area contributed by atoms with Gasteiger partial charge in [-0.25, -0.2) is 4.79 Å². The van der Waals surface area contributed by atoms with Gasteiger partial charge in [0.1, 0.15) is 5.60 Å². The van der Waals surface area contributed by atoms with E-state index in [2.05, 4.69) is 23.2 Å². The lowest BCUT2D eigenvalue weighted by molar-refractivity contribution is -0.0422. The van der Waals surface area contributed by atoms with Gasteiger partial charge in [-0.05, 0) is 24.3 Å². The number of hydrogen-bond donors (Lipinski definition) is 1. The monoisotopic (exact) mass is 328 g/mol. The molecular weight excluding hydrogens is 300 g/mol. The summed E-state index contributed by atoms with van der Waals surface area (Å²) in [6, 6.07) is 8.09. The number of ether oxygens (including phenoxy) is 1. The number of benzene rings is 1. The fourth-order valence-corrected chi connectivity index (χ4v) is 4.82. The van der Waals surface area contributed by atoms with E-state index in [1.807, 2.05) is 18.2 Å². The molecule has 130 valence electrons. The van der Waals surface area contributed by atoms with Crippen molar-refractivity contribution in [3.63, 3.8) is 0 Å². The second-order valence-electron chi connectivity index (χ2n) is 7.88. The van der Waals surface area contributed by atoms with E-state index in [1.165, 1.54) is 32.2 Å². The summed E-state index contributed by atoms with van der Waals surface area (Å²) in [6.07, 6.45) is 7.06. The first kappa shape index (κ1) is 15.9. The van der Waals surface area contributed by atoms with Crippen molar-refractivity contribution >= 4 is 11.8 Å². The van der Waals surface area contributed by atoms with Gasteiger partial charge in [0.05, 0.1) is 5.69 Å². The Morgan fingerprint density at radius 2 is 1.96 bits per heavy atom. The predicted molar refractivity (Wildman–Crippen MR) is 95.0 cm³/mol. The van der Waals surface area contributed by atoms with Gasteiger partial charge >= 0.3 is 6.09 Å². The van der Waals surface area contributed by atoms with Crippen LogP contribution in [-0.4, -0.2) is 30.6 Å². The van der Waals surface area contributed by atoms with E-state index in [0.717, 1.165) is 49.0 Å². The lowest BCUT2D eigenvalue weighted by Gasteiger charge is -2.45. The third-order valence-electron chi connectivity index (χ3n) is 6.39. The van der Waals surface area contributed by atoms with Crippen LogP contribution in [0.1, 0.15) is 51.0 Å². The van der Waals surface area contributed by atoms with Crippen LogP contribution >= 0.6 is 0 Å². The van der Waals surface area contributed by atoms with Gasteiger partial charge in [-0.1, -0.05) is 44.4 Å². The molecule has 1 aromatic carbocycles. The third kappa shape index (κ3) is 2.92. The summed E-state index contributed by atoms with van der Waals surface area (Å²) >= 11 is 0. The Labute approximate surface area is 144 Å². The van der Waals surface area contributed by atoms with Crippen molar-refractivity contribution in [1.29, 1.82) is 0 Å². The number of anilines is 1. The van der Waals surface area contributed by atoms with Crippen LogP contribution in [-0.2, 0) is 10.3 Å². The molecule has 0 bridgehead atoms. The van der Waals surface area contributed by atoms with Gasteiger partial charge in [-0.3, -0.25) is 5.32 Å². The normalized spacial score (nSPS) is 29.6. The number of fused-ring (bicyclic) bond motifs is 2. The van der Waals surface area contributed by atoms with Crippen LogP contribution in [0.2, 0.25) is 0 Å². The number of carbonyl (C=O) groups excluding carboxylic acids is 1. The average molecular weight is 328 g/mol. The van der Waals surface area contributed by atoms with Crippen LogP contribution in [0.3, 0.4) is 0 Å². The Kier molecular flexibility index (Phi) is 4.25. The number of nitrogens with one attached hydrogen (secondary N) is 1. The SMILES string of the molecule is CC1CCCCC1CN1CCC2(CC1)OC(=O)Nc1ccccc12. The Morgan fingerprint density at radius 3 is 2.75 bits per heavy atom. The first-order chi connectivity index (χ1) is 11.7. The van der Waals surface area contributed by atoms with E-state index >= 15 is 0 Å². The molecule has 24 heavy (non-hydrogen) atoms. The van der Waals surface area contributed by atoms with Crippen LogP contribution in [0.15, 0.2) is 24.3 Å². The number of likely N-dealkylation sites (tertiary alicyclic amines) is 1. The van der Waals surface area contributed by atoms with E-state index in [9.17, 15) is 4.79 Å². The topological polar surface area (TPSA) is 41.6 Å².